The lowest BCUT2D eigenvalue weighted by molar-refractivity contribution is 0.303. The Morgan fingerprint density at radius 1 is 1.29 bits per heavy atom. The van der Waals surface area contributed by atoms with Crippen LogP contribution in [0.25, 0.3) is 0 Å². The molecule has 0 aliphatic heterocycles. The van der Waals surface area contributed by atoms with Gasteiger partial charge >= 0.3 is 0 Å². The van der Waals surface area contributed by atoms with Gasteiger partial charge in [0.2, 0.25) is 0 Å². The van der Waals surface area contributed by atoms with Crippen LogP contribution in [0.4, 0.5) is 0 Å². The van der Waals surface area contributed by atoms with E-state index in [1.807, 2.05) is 17.9 Å². The minimum Gasteiger partial charge on any atom is -0.490 e. The number of benzene rings is 1. The fraction of sp³-hybridized carbons (Fsp3) is 0.471. The van der Waals surface area contributed by atoms with E-state index in [0.717, 1.165) is 18.7 Å². The van der Waals surface area contributed by atoms with Gasteiger partial charge in [-0.3, -0.25) is 4.68 Å². The molecule has 3 rings (SSSR count). The Hall–Kier alpha value is -1.81. The molecule has 1 saturated carbocycles. The molecule has 1 aromatic heterocycles. The van der Waals surface area contributed by atoms with Crippen molar-refractivity contribution in [2.75, 3.05) is 6.54 Å². The first-order chi connectivity index (χ1) is 10.3. The van der Waals surface area contributed by atoms with Crippen LogP contribution in [-0.2, 0) is 7.05 Å². The molecule has 1 aromatic carbocycles. The summed E-state index contributed by atoms with van der Waals surface area (Å²) in [4.78, 5) is 0. The van der Waals surface area contributed by atoms with Crippen LogP contribution in [0, 0.1) is 0 Å². The van der Waals surface area contributed by atoms with E-state index < -0.39 is 0 Å². The quantitative estimate of drug-likeness (QED) is 0.850. The number of nitrogens with zero attached hydrogens (tertiary/aromatic N) is 2. The van der Waals surface area contributed by atoms with Gasteiger partial charge in [-0.25, -0.2) is 0 Å². The van der Waals surface area contributed by atoms with Gasteiger partial charge in [-0.05, 0) is 43.5 Å². The average molecular weight is 285 g/mol. The molecule has 21 heavy (non-hydrogen) atoms. The maximum atomic E-state index is 5.81. The molecule has 1 fully saturated rings. The third kappa shape index (κ3) is 3.64. The molecule has 1 aliphatic rings. The summed E-state index contributed by atoms with van der Waals surface area (Å²) in [7, 11) is 1.95. The molecule has 0 spiro atoms. The van der Waals surface area contributed by atoms with Gasteiger partial charge in [0.25, 0.3) is 0 Å². The van der Waals surface area contributed by atoms with Crippen LogP contribution >= 0.6 is 0 Å². The summed E-state index contributed by atoms with van der Waals surface area (Å²) in [6, 6.07) is 8.64. The van der Waals surface area contributed by atoms with Gasteiger partial charge in [0.1, 0.15) is 5.75 Å². The van der Waals surface area contributed by atoms with E-state index in [0.29, 0.717) is 6.10 Å². The van der Waals surface area contributed by atoms with E-state index in [4.69, 9.17) is 4.74 Å². The highest BCUT2D eigenvalue weighted by atomic mass is 16.5. The Morgan fingerprint density at radius 2 is 2.05 bits per heavy atom. The van der Waals surface area contributed by atoms with E-state index >= 15 is 0 Å². The van der Waals surface area contributed by atoms with Crippen molar-refractivity contribution in [3.63, 3.8) is 0 Å². The maximum Gasteiger partial charge on any atom is 0.119 e. The first kappa shape index (κ1) is 14.1. The highest BCUT2D eigenvalue weighted by Crippen LogP contribution is 2.28. The Balaban J connectivity index is 1.77. The van der Waals surface area contributed by atoms with E-state index in [-0.39, 0.29) is 6.04 Å². The lowest BCUT2D eigenvalue weighted by atomic mass is 10.0. The zero-order valence-electron chi connectivity index (χ0n) is 12.7. The molecule has 0 saturated heterocycles. The SMILES string of the molecule is CCCNC(c1ccc(OC2CC2)cc1)c1cnn(C)c1. The van der Waals surface area contributed by atoms with Crippen molar-refractivity contribution in [2.45, 2.75) is 38.3 Å². The molecule has 1 heterocycles. The number of ether oxygens (including phenoxy) is 1. The minimum atomic E-state index is 0.189. The summed E-state index contributed by atoms with van der Waals surface area (Å²) in [5, 5.41) is 7.88. The fourth-order valence-corrected chi connectivity index (χ4v) is 2.42. The molecular formula is C17H23N3O. The molecule has 2 aromatic rings. The van der Waals surface area contributed by atoms with Crippen LogP contribution < -0.4 is 10.1 Å². The zero-order chi connectivity index (χ0) is 14.7. The van der Waals surface area contributed by atoms with E-state index in [2.05, 4.69) is 47.8 Å². The second-order valence-electron chi connectivity index (χ2n) is 5.72. The smallest absolute Gasteiger partial charge is 0.119 e. The van der Waals surface area contributed by atoms with Gasteiger partial charge < -0.3 is 10.1 Å². The summed E-state index contributed by atoms with van der Waals surface area (Å²) in [6.07, 6.45) is 7.95. The molecule has 4 heteroatoms. The monoisotopic (exact) mass is 285 g/mol. The summed E-state index contributed by atoms with van der Waals surface area (Å²) in [6.45, 7) is 3.17. The molecule has 1 atom stereocenters. The molecule has 1 N–H and O–H groups in total. The molecular weight excluding hydrogens is 262 g/mol. The zero-order valence-corrected chi connectivity index (χ0v) is 12.7. The molecule has 1 aliphatic carbocycles. The summed E-state index contributed by atoms with van der Waals surface area (Å²) < 4.78 is 7.66. The van der Waals surface area contributed by atoms with Crippen molar-refractivity contribution in [2.24, 2.45) is 7.05 Å². The lowest BCUT2D eigenvalue weighted by Crippen LogP contribution is -2.22. The highest BCUT2D eigenvalue weighted by molar-refractivity contribution is 5.34. The van der Waals surface area contributed by atoms with Gasteiger partial charge in [0, 0.05) is 18.8 Å². The summed E-state index contributed by atoms with van der Waals surface area (Å²) >= 11 is 0. The van der Waals surface area contributed by atoms with Crippen LogP contribution in [0.15, 0.2) is 36.7 Å². The number of aryl methyl sites for hydroxylation is 1. The molecule has 0 radical (unpaired) electrons. The number of hydrogen-bond donors (Lipinski definition) is 1. The predicted molar refractivity (Wildman–Crippen MR) is 83.4 cm³/mol. The van der Waals surface area contributed by atoms with Gasteiger partial charge in [0.05, 0.1) is 18.3 Å². The Morgan fingerprint density at radius 3 is 2.62 bits per heavy atom. The lowest BCUT2D eigenvalue weighted by Gasteiger charge is -2.18. The second kappa shape index (κ2) is 6.31. The molecule has 112 valence electrons. The summed E-state index contributed by atoms with van der Waals surface area (Å²) in [5.41, 5.74) is 2.45. The van der Waals surface area contributed by atoms with Crippen LogP contribution in [0.5, 0.6) is 5.75 Å². The van der Waals surface area contributed by atoms with E-state index in [9.17, 15) is 0 Å². The number of nitrogens with one attached hydrogen (secondary N) is 1. The average Bonchev–Trinajstić information content (AvgIpc) is 3.21. The van der Waals surface area contributed by atoms with Gasteiger partial charge in [0.15, 0.2) is 0 Å². The third-order valence-electron chi connectivity index (χ3n) is 3.70. The first-order valence-electron chi connectivity index (χ1n) is 7.75. The van der Waals surface area contributed by atoms with Crippen molar-refractivity contribution in [3.8, 4) is 5.75 Å². The molecule has 0 amide bonds. The number of rotatable bonds is 7. The van der Waals surface area contributed by atoms with E-state index in [1.54, 1.807) is 0 Å². The number of hydrogen-bond acceptors (Lipinski definition) is 3. The van der Waals surface area contributed by atoms with Crippen molar-refractivity contribution in [1.29, 1.82) is 0 Å². The van der Waals surface area contributed by atoms with Gasteiger partial charge in [-0.2, -0.15) is 5.10 Å². The van der Waals surface area contributed by atoms with Gasteiger partial charge in [-0.15, -0.1) is 0 Å². The van der Waals surface area contributed by atoms with Crippen molar-refractivity contribution < 1.29 is 4.74 Å². The Kier molecular flexibility index (Phi) is 4.25. The molecule has 1 unspecified atom stereocenters. The first-order valence-corrected chi connectivity index (χ1v) is 7.75. The van der Waals surface area contributed by atoms with Crippen LogP contribution in [0.3, 0.4) is 0 Å². The Labute approximate surface area is 126 Å². The van der Waals surface area contributed by atoms with Crippen molar-refractivity contribution >= 4 is 0 Å². The van der Waals surface area contributed by atoms with Crippen LogP contribution in [0.2, 0.25) is 0 Å². The number of aromatic nitrogens is 2. The standard InChI is InChI=1S/C17H23N3O/c1-3-10-18-17(14-11-19-20(2)12-14)13-4-6-15(7-5-13)21-16-8-9-16/h4-7,11-12,16-18H,3,8-10H2,1-2H3. The van der Waals surface area contributed by atoms with Crippen molar-refractivity contribution in [1.82, 2.24) is 15.1 Å². The highest BCUT2D eigenvalue weighted by Gasteiger charge is 2.23. The summed E-state index contributed by atoms with van der Waals surface area (Å²) in [5.74, 6) is 0.974. The normalized spacial score (nSPS) is 15.9. The minimum absolute atomic E-state index is 0.189. The Bertz CT molecular complexity index is 572. The van der Waals surface area contributed by atoms with E-state index in [1.165, 1.54) is 24.0 Å². The van der Waals surface area contributed by atoms with Crippen LogP contribution in [-0.4, -0.2) is 22.4 Å². The predicted octanol–water partition coefficient (Wildman–Crippen LogP) is 3.05. The largest absolute Gasteiger partial charge is 0.490 e. The maximum absolute atomic E-state index is 5.81. The molecule has 0 bridgehead atoms. The van der Waals surface area contributed by atoms with Crippen LogP contribution in [0.1, 0.15) is 43.4 Å². The molecule has 4 nitrogen and oxygen atoms in total. The third-order valence-corrected chi connectivity index (χ3v) is 3.70. The fourth-order valence-electron chi connectivity index (χ4n) is 2.42. The van der Waals surface area contributed by atoms with Crippen molar-refractivity contribution in [3.05, 3.63) is 47.8 Å². The second-order valence-corrected chi connectivity index (χ2v) is 5.72. The topological polar surface area (TPSA) is 39.1 Å². The van der Waals surface area contributed by atoms with Gasteiger partial charge in [-0.1, -0.05) is 19.1 Å².